The van der Waals surface area contributed by atoms with E-state index in [0.717, 1.165) is 30.0 Å². The lowest BCUT2D eigenvalue weighted by molar-refractivity contribution is -0.0207. The number of nitrogens with one attached hydrogen (secondary N) is 1. The van der Waals surface area contributed by atoms with E-state index in [4.69, 9.17) is 0 Å². The van der Waals surface area contributed by atoms with E-state index in [-0.39, 0.29) is 0 Å². The third-order valence-electron chi connectivity index (χ3n) is 6.44. The third kappa shape index (κ3) is 2.42. The molecule has 4 saturated carbocycles. The fraction of sp³-hybridized carbons (Fsp3) is 0.550. The van der Waals surface area contributed by atoms with Crippen LogP contribution in [0.25, 0.3) is 5.69 Å². The van der Waals surface area contributed by atoms with E-state index in [9.17, 15) is 0 Å². The van der Waals surface area contributed by atoms with Gasteiger partial charge in [-0.1, -0.05) is 0 Å². The molecule has 3 nitrogen and oxygen atoms in total. The number of hydrogen-bond acceptors (Lipinski definition) is 2. The second-order valence-electron chi connectivity index (χ2n) is 8.13. The summed E-state index contributed by atoms with van der Waals surface area (Å²) in [6.07, 6.45) is 14.7. The van der Waals surface area contributed by atoms with Gasteiger partial charge in [-0.15, -0.1) is 0 Å². The van der Waals surface area contributed by atoms with Crippen LogP contribution in [-0.4, -0.2) is 15.1 Å². The average Bonchev–Trinajstić information content (AvgIpc) is 3.01. The van der Waals surface area contributed by atoms with Crippen LogP contribution in [0.2, 0.25) is 0 Å². The summed E-state index contributed by atoms with van der Waals surface area (Å²) in [7, 11) is 0. The molecular formula is C20H25N3. The first-order valence-electron chi connectivity index (χ1n) is 9.11. The van der Waals surface area contributed by atoms with Gasteiger partial charge < -0.3 is 9.88 Å². The Hall–Kier alpha value is -1.61. The predicted molar refractivity (Wildman–Crippen MR) is 91.3 cm³/mol. The van der Waals surface area contributed by atoms with Gasteiger partial charge in [0.2, 0.25) is 0 Å². The summed E-state index contributed by atoms with van der Waals surface area (Å²) < 4.78 is 2.26. The minimum absolute atomic E-state index is 0.429. The van der Waals surface area contributed by atoms with Gasteiger partial charge in [0.25, 0.3) is 0 Å². The van der Waals surface area contributed by atoms with Crippen LogP contribution in [0.4, 0.5) is 0 Å². The second kappa shape index (κ2) is 5.20. The lowest BCUT2D eigenvalue weighted by Gasteiger charge is -2.57. The summed E-state index contributed by atoms with van der Waals surface area (Å²) in [5.74, 6) is 3.00. The zero-order valence-corrected chi connectivity index (χ0v) is 13.6. The van der Waals surface area contributed by atoms with E-state index in [0.29, 0.717) is 5.54 Å². The quantitative estimate of drug-likeness (QED) is 0.927. The fourth-order valence-corrected chi connectivity index (χ4v) is 5.91. The minimum Gasteiger partial charge on any atom is -0.318 e. The number of hydrogen-bond donors (Lipinski definition) is 1. The molecule has 120 valence electrons. The normalized spacial score (nSPS) is 34.9. The monoisotopic (exact) mass is 307 g/mol. The van der Waals surface area contributed by atoms with Gasteiger partial charge in [-0.3, -0.25) is 4.98 Å². The Bertz CT molecular complexity index is 653. The van der Waals surface area contributed by atoms with Crippen LogP contribution in [0.15, 0.2) is 42.9 Å². The molecule has 4 fully saturated rings. The van der Waals surface area contributed by atoms with Crippen molar-refractivity contribution in [1.82, 2.24) is 14.9 Å². The van der Waals surface area contributed by atoms with Gasteiger partial charge in [-0.25, -0.2) is 0 Å². The van der Waals surface area contributed by atoms with Crippen LogP contribution in [0.3, 0.4) is 0 Å². The molecule has 0 saturated heterocycles. The Morgan fingerprint density at radius 3 is 2.43 bits per heavy atom. The van der Waals surface area contributed by atoms with Crippen LogP contribution in [0.5, 0.6) is 0 Å². The first-order chi connectivity index (χ1) is 11.3. The van der Waals surface area contributed by atoms with Crippen molar-refractivity contribution >= 4 is 0 Å². The maximum absolute atomic E-state index is 4.26. The van der Waals surface area contributed by atoms with Crippen molar-refractivity contribution in [2.75, 3.05) is 0 Å². The molecule has 0 radical (unpaired) electrons. The number of rotatable bonds is 4. The molecule has 2 aromatic rings. The lowest BCUT2D eigenvalue weighted by Crippen LogP contribution is -2.58. The molecule has 2 aromatic heterocycles. The molecule has 0 amide bonds. The highest BCUT2D eigenvalue weighted by Crippen LogP contribution is 2.55. The molecule has 0 aromatic carbocycles. The maximum atomic E-state index is 4.26. The number of pyridine rings is 1. The molecular weight excluding hydrogens is 282 g/mol. The number of aromatic nitrogens is 2. The van der Waals surface area contributed by atoms with E-state index >= 15 is 0 Å². The molecule has 4 bridgehead atoms. The second-order valence-corrected chi connectivity index (χ2v) is 8.13. The van der Waals surface area contributed by atoms with Crippen LogP contribution in [0.1, 0.15) is 44.2 Å². The largest absolute Gasteiger partial charge is 0.318 e. The molecule has 0 unspecified atom stereocenters. The third-order valence-corrected chi connectivity index (χ3v) is 6.44. The highest BCUT2D eigenvalue weighted by atomic mass is 15.1. The van der Waals surface area contributed by atoms with Crippen molar-refractivity contribution in [3.05, 3.63) is 48.5 Å². The Balaban J connectivity index is 1.35. The molecule has 0 spiro atoms. The summed E-state index contributed by atoms with van der Waals surface area (Å²) >= 11 is 0. The first kappa shape index (κ1) is 13.8. The maximum Gasteiger partial charge on any atom is 0.0636 e. The first-order valence-corrected chi connectivity index (χ1v) is 9.11. The van der Waals surface area contributed by atoms with E-state index in [1.807, 2.05) is 18.5 Å². The average molecular weight is 307 g/mol. The summed E-state index contributed by atoms with van der Waals surface area (Å²) in [5, 5.41) is 4.00. The van der Waals surface area contributed by atoms with Gasteiger partial charge in [0.1, 0.15) is 0 Å². The molecule has 23 heavy (non-hydrogen) atoms. The van der Waals surface area contributed by atoms with Crippen molar-refractivity contribution < 1.29 is 0 Å². The van der Waals surface area contributed by atoms with Crippen molar-refractivity contribution in [1.29, 1.82) is 0 Å². The smallest absolute Gasteiger partial charge is 0.0636 e. The van der Waals surface area contributed by atoms with Crippen LogP contribution in [0, 0.1) is 17.8 Å². The van der Waals surface area contributed by atoms with Gasteiger partial charge >= 0.3 is 0 Å². The van der Waals surface area contributed by atoms with Gasteiger partial charge in [-0.2, -0.15) is 0 Å². The molecule has 3 heteroatoms. The van der Waals surface area contributed by atoms with Crippen molar-refractivity contribution in [2.24, 2.45) is 17.8 Å². The molecule has 6 rings (SSSR count). The molecule has 4 aliphatic rings. The summed E-state index contributed by atoms with van der Waals surface area (Å²) in [6, 6.07) is 8.51. The molecule has 2 heterocycles. The predicted octanol–water partition coefficient (Wildman–Crippen LogP) is 3.93. The van der Waals surface area contributed by atoms with Gasteiger partial charge in [-0.05, 0) is 80.5 Å². The minimum atomic E-state index is 0.429. The van der Waals surface area contributed by atoms with Gasteiger partial charge in [0.15, 0.2) is 0 Å². The van der Waals surface area contributed by atoms with E-state index in [1.165, 1.54) is 44.2 Å². The van der Waals surface area contributed by atoms with Crippen LogP contribution < -0.4 is 5.32 Å². The molecule has 1 N–H and O–H groups in total. The van der Waals surface area contributed by atoms with Crippen molar-refractivity contribution in [3.8, 4) is 5.69 Å². The summed E-state index contributed by atoms with van der Waals surface area (Å²) in [5.41, 5.74) is 2.92. The van der Waals surface area contributed by atoms with E-state index < -0.39 is 0 Å². The Morgan fingerprint density at radius 1 is 1.04 bits per heavy atom. The van der Waals surface area contributed by atoms with Crippen molar-refractivity contribution in [2.45, 2.75) is 50.6 Å². The Kier molecular flexibility index (Phi) is 3.12. The zero-order chi connectivity index (χ0) is 15.3. The van der Waals surface area contributed by atoms with E-state index in [1.54, 1.807) is 0 Å². The topological polar surface area (TPSA) is 29.9 Å². The highest BCUT2D eigenvalue weighted by Gasteiger charge is 2.50. The Morgan fingerprint density at radius 2 is 1.78 bits per heavy atom. The standard InChI is InChI=1S/C20H25N3/c1-3-18(13-21-5-1)23-6-2-4-19(23)14-22-20-10-15-7-16(11-20)9-17(8-15)12-20/h1-6,13,15-17,22H,7-12,14H2. The van der Waals surface area contributed by atoms with Crippen molar-refractivity contribution in [3.63, 3.8) is 0 Å². The van der Waals surface area contributed by atoms with Gasteiger partial charge in [0, 0.05) is 30.2 Å². The Labute approximate surface area is 138 Å². The van der Waals surface area contributed by atoms with E-state index in [2.05, 4.69) is 39.3 Å². The summed E-state index contributed by atoms with van der Waals surface area (Å²) in [4.78, 5) is 4.26. The van der Waals surface area contributed by atoms with Crippen LogP contribution in [-0.2, 0) is 6.54 Å². The fourth-order valence-electron chi connectivity index (χ4n) is 5.91. The van der Waals surface area contributed by atoms with Gasteiger partial charge in [0.05, 0.1) is 11.9 Å². The SMILES string of the molecule is c1cncc(-n2cccc2CNC23CC4CC(CC(C4)C2)C3)c1. The highest BCUT2D eigenvalue weighted by molar-refractivity contribution is 5.32. The zero-order valence-electron chi connectivity index (χ0n) is 13.6. The van der Waals surface area contributed by atoms with Crippen LogP contribution >= 0.6 is 0 Å². The molecule has 0 atom stereocenters. The number of nitrogens with zero attached hydrogens (tertiary/aromatic N) is 2. The lowest BCUT2D eigenvalue weighted by atomic mass is 9.53. The molecule has 0 aliphatic heterocycles. The molecule has 4 aliphatic carbocycles. The summed E-state index contributed by atoms with van der Waals surface area (Å²) in [6.45, 7) is 0.966.